The quantitative estimate of drug-likeness (QED) is 0.660. The maximum Gasteiger partial charge on any atom is 0.0439 e. The highest BCUT2D eigenvalue weighted by Crippen LogP contribution is 2.56. The number of anilines is 1. The van der Waals surface area contributed by atoms with E-state index in [1.165, 1.54) is 69.9 Å². The van der Waals surface area contributed by atoms with Crippen LogP contribution in [-0.4, -0.2) is 25.4 Å². The molecule has 2 fully saturated rings. The third kappa shape index (κ3) is 3.67. The van der Waals surface area contributed by atoms with Gasteiger partial charge in [-0.3, -0.25) is 0 Å². The van der Waals surface area contributed by atoms with Gasteiger partial charge in [-0.1, -0.05) is 64.6 Å². The van der Waals surface area contributed by atoms with Crippen molar-refractivity contribution in [2.24, 2.45) is 0 Å². The van der Waals surface area contributed by atoms with E-state index in [9.17, 15) is 0 Å². The van der Waals surface area contributed by atoms with Crippen molar-refractivity contribution in [1.82, 2.24) is 0 Å². The van der Waals surface area contributed by atoms with Crippen molar-refractivity contribution in [3.63, 3.8) is 0 Å². The highest BCUT2D eigenvalue weighted by Gasteiger charge is 2.33. The van der Waals surface area contributed by atoms with Gasteiger partial charge in [0.15, 0.2) is 0 Å². The van der Waals surface area contributed by atoms with Crippen LogP contribution < -0.4 is 10.2 Å². The fraction of sp³-hybridized carbons (Fsp3) is 0.700. The number of nitrogens with zero attached hydrogens (tertiary/aromatic N) is 1. The zero-order valence-electron chi connectivity index (χ0n) is 14.4. The van der Waals surface area contributed by atoms with Crippen LogP contribution in [0.2, 0.25) is 0 Å². The Balaban J connectivity index is 1.93. The molecule has 1 aromatic carbocycles. The summed E-state index contributed by atoms with van der Waals surface area (Å²) in [6.07, 6.45) is 14.8. The van der Waals surface area contributed by atoms with E-state index in [0.29, 0.717) is 0 Å². The van der Waals surface area contributed by atoms with Crippen molar-refractivity contribution in [2.45, 2.75) is 75.5 Å². The molecule has 0 amide bonds. The molecule has 0 unspecified atom stereocenters. The average Bonchev–Trinajstić information content (AvgIpc) is 2.57. The molecule has 2 heteroatoms. The smallest absolute Gasteiger partial charge is 0.0439 e. The van der Waals surface area contributed by atoms with Gasteiger partial charge in [0.2, 0.25) is 0 Å². The maximum absolute atomic E-state index is 2.46. The van der Waals surface area contributed by atoms with E-state index in [0.717, 1.165) is 11.3 Å². The number of hydrogen-bond donors (Lipinski definition) is 0. The van der Waals surface area contributed by atoms with E-state index >= 15 is 0 Å². The SMILES string of the molecule is CN(C)c1ccccc1P(C1CCCCC1)C1CCCCC1. The van der Waals surface area contributed by atoms with Gasteiger partial charge >= 0.3 is 0 Å². The molecule has 0 atom stereocenters. The molecule has 2 aliphatic rings. The molecule has 3 rings (SSSR count). The lowest BCUT2D eigenvalue weighted by Gasteiger charge is -2.40. The average molecular weight is 317 g/mol. The predicted molar refractivity (Wildman–Crippen MR) is 101 cm³/mol. The van der Waals surface area contributed by atoms with Crippen molar-refractivity contribution in [3.05, 3.63) is 24.3 Å². The summed E-state index contributed by atoms with van der Waals surface area (Å²) in [6.45, 7) is 0. The molecule has 1 nitrogen and oxygen atoms in total. The Labute approximate surface area is 138 Å². The lowest BCUT2D eigenvalue weighted by Crippen LogP contribution is -2.29. The van der Waals surface area contributed by atoms with Crippen LogP contribution in [0.3, 0.4) is 0 Å². The standard InChI is InChI=1S/C20H32NP/c1-21(2)19-15-9-10-16-20(19)22(17-11-5-3-6-12-17)18-13-7-4-8-14-18/h9-10,15-18H,3-8,11-14H2,1-2H3. The van der Waals surface area contributed by atoms with Gasteiger partial charge in [-0.15, -0.1) is 0 Å². The Bertz CT molecular complexity index is 441. The summed E-state index contributed by atoms with van der Waals surface area (Å²) in [5, 5.41) is 1.71. The summed E-state index contributed by atoms with van der Waals surface area (Å²) in [4.78, 5) is 2.34. The monoisotopic (exact) mass is 317 g/mol. The summed E-state index contributed by atoms with van der Waals surface area (Å²) >= 11 is 0. The Morgan fingerprint density at radius 3 is 1.77 bits per heavy atom. The molecule has 0 N–H and O–H groups in total. The number of rotatable bonds is 4. The van der Waals surface area contributed by atoms with Crippen LogP contribution in [0.1, 0.15) is 64.2 Å². The van der Waals surface area contributed by atoms with Crippen LogP contribution >= 0.6 is 7.92 Å². The summed E-state index contributed by atoms with van der Waals surface area (Å²) in [5.41, 5.74) is 3.48. The van der Waals surface area contributed by atoms with Crippen molar-refractivity contribution in [1.29, 1.82) is 0 Å². The molecular weight excluding hydrogens is 285 g/mol. The Hall–Kier alpha value is -0.550. The first-order valence-electron chi connectivity index (χ1n) is 9.32. The molecule has 0 radical (unpaired) electrons. The molecule has 0 aliphatic heterocycles. The Morgan fingerprint density at radius 1 is 0.773 bits per heavy atom. The van der Waals surface area contributed by atoms with Crippen LogP contribution in [0.15, 0.2) is 24.3 Å². The normalized spacial score (nSPS) is 21.2. The molecule has 2 saturated carbocycles. The third-order valence-corrected chi connectivity index (χ3v) is 9.12. The second kappa shape index (κ2) is 7.82. The molecule has 1 aromatic rings. The summed E-state index contributed by atoms with van der Waals surface area (Å²) < 4.78 is 0. The van der Waals surface area contributed by atoms with Gasteiger partial charge in [0, 0.05) is 19.8 Å². The predicted octanol–water partition coefficient (Wildman–Crippen LogP) is 5.53. The molecule has 122 valence electrons. The molecule has 0 saturated heterocycles. The molecule has 0 spiro atoms. The van der Waals surface area contributed by atoms with Crippen LogP contribution in [-0.2, 0) is 0 Å². The van der Waals surface area contributed by atoms with Gasteiger partial charge in [-0.2, -0.15) is 0 Å². The highest BCUT2D eigenvalue weighted by atomic mass is 31.1. The highest BCUT2D eigenvalue weighted by molar-refractivity contribution is 7.67. The largest absolute Gasteiger partial charge is 0.377 e. The van der Waals surface area contributed by atoms with Crippen LogP contribution in [0, 0.1) is 0 Å². The van der Waals surface area contributed by atoms with Gasteiger partial charge in [0.25, 0.3) is 0 Å². The first kappa shape index (κ1) is 16.3. The van der Waals surface area contributed by atoms with E-state index in [4.69, 9.17) is 0 Å². The molecular formula is C20H32NP. The third-order valence-electron chi connectivity index (χ3n) is 5.58. The number of benzene rings is 1. The lowest BCUT2D eigenvalue weighted by atomic mass is 9.99. The van der Waals surface area contributed by atoms with Crippen LogP contribution in [0.25, 0.3) is 0 Å². The van der Waals surface area contributed by atoms with Crippen molar-refractivity contribution < 1.29 is 0 Å². The van der Waals surface area contributed by atoms with E-state index in [1.54, 1.807) is 5.30 Å². The maximum atomic E-state index is 2.46. The van der Waals surface area contributed by atoms with Crippen molar-refractivity contribution in [3.8, 4) is 0 Å². The van der Waals surface area contributed by atoms with Gasteiger partial charge in [-0.05, 0) is 48.4 Å². The molecule has 0 aromatic heterocycles. The minimum absolute atomic E-state index is 0.0130. The Kier molecular flexibility index (Phi) is 5.80. The topological polar surface area (TPSA) is 3.24 Å². The molecule has 22 heavy (non-hydrogen) atoms. The van der Waals surface area contributed by atoms with Gasteiger partial charge in [-0.25, -0.2) is 0 Å². The van der Waals surface area contributed by atoms with E-state index in [-0.39, 0.29) is 7.92 Å². The second-order valence-electron chi connectivity index (χ2n) is 7.37. The minimum atomic E-state index is 0.0130. The van der Waals surface area contributed by atoms with E-state index in [1.807, 2.05) is 0 Å². The molecule has 2 aliphatic carbocycles. The Morgan fingerprint density at radius 2 is 1.27 bits per heavy atom. The van der Waals surface area contributed by atoms with Gasteiger partial charge in [0.1, 0.15) is 0 Å². The van der Waals surface area contributed by atoms with Gasteiger partial charge in [0.05, 0.1) is 0 Å². The fourth-order valence-electron chi connectivity index (χ4n) is 4.47. The molecule has 0 heterocycles. The summed E-state index contributed by atoms with van der Waals surface area (Å²) in [7, 11) is 4.45. The summed E-state index contributed by atoms with van der Waals surface area (Å²) in [5.74, 6) is 0. The summed E-state index contributed by atoms with van der Waals surface area (Å²) in [6, 6.07) is 9.30. The second-order valence-corrected chi connectivity index (χ2v) is 10.1. The van der Waals surface area contributed by atoms with Gasteiger partial charge < -0.3 is 4.90 Å². The van der Waals surface area contributed by atoms with Crippen LogP contribution in [0.4, 0.5) is 5.69 Å². The zero-order chi connectivity index (χ0) is 15.4. The number of hydrogen-bond acceptors (Lipinski definition) is 1. The fourth-order valence-corrected chi connectivity index (χ4v) is 8.49. The van der Waals surface area contributed by atoms with Crippen molar-refractivity contribution in [2.75, 3.05) is 19.0 Å². The van der Waals surface area contributed by atoms with E-state index < -0.39 is 0 Å². The minimum Gasteiger partial charge on any atom is -0.377 e. The molecule has 0 bridgehead atoms. The van der Waals surface area contributed by atoms with Crippen LogP contribution in [0.5, 0.6) is 0 Å². The lowest BCUT2D eigenvalue weighted by molar-refractivity contribution is 0.487. The first-order valence-corrected chi connectivity index (χ1v) is 10.8. The van der Waals surface area contributed by atoms with E-state index in [2.05, 4.69) is 43.3 Å². The van der Waals surface area contributed by atoms with Crippen molar-refractivity contribution >= 4 is 18.9 Å². The first-order chi connectivity index (χ1) is 10.8. The number of para-hydroxylation sites is 1. The zero-order valence-corrected chi connectivity index (χ0v) is 15.3.